The Kier molecular flexibility index (Phi) is 5.01. The van der Waals surface area contributed by atoms with E-state index < -0.39 is 0 Å². The van der Waals surface area contributed by atoms with Gasteiger partial charge in [0.05, 0.1) is 0 Å². The van der Waals surface area contributed by atoms with Crippen molar-refractivity contribution in [2.45, 2.75) is 46.6 Å². The summed E-state index contributed by atoms with van der Waals surface area (Å²) in [7, 11) is 2.07. The summed E-state index contributed by atoms with van der Waals surface area (Å²) in [6.07, 6.45) is 2.47. The second kappa shape index (κ2) is 6.05. The van der Waals surface area contributed by atoms with E-state index in [1.807, 2.05) is 0 Å². The summed E-state index contributed by atoms with van der Waals surface area (Å²) in [5.74, 6) is 0.774. The molecule has 2 unspecified atom stereocenters. The Morgan fingerprint density at radius 2 is 1.75 bits per heavy atom. The number of benzene rings is 1. The Bertz CT molecular complexity index is 310. The molecule has 0 aliphatic carbocycles. The Labute approximate surface area is 100 Å². The van der Waals surface area contributed by atoms with Crippen molar-refractivity contribution < 1.29 is 0 Å². The van der Waals surface area contributed by atoms with Gasteiger partial charge in [0.15, 0.2) is 0 Å². The van der Waals surface area contributed by atoms with Gasteiger partial charge in [-0.2, -0.15) is 0 Å². The molecule has 0 aliphatic heterocycles. The van der Waals surface area contributed by atoms with E-state index in [2.05, 4.69) is 58.3 Å². The van der Waals surface area contributed by atoms with Crippen LogP contribution >= 0.6 is 0 Å². The fourth-order valence-electron chi connectivity index (χ4n) is 2.33. The highest BCUT2D eigenvalue weighted by molar-refractivity contribution is 5.36. The van der Waals surface area contributed by atoms with Crippen molar-refractivity contribution in [1.82, 2.24) is 5.32 Å². The van der Waals surface area contributed by atoms with Crippen LogP contribution in [0.3, 0.4) is 0 Å². The molecule has 1 rings (SSSR count). The van der Waals surface area contributed by atoms with Crippen LogP contribution < -0.4 is 5.32 Å². The highest BCUT2D eigenvalue weighted by atomic mass is 14.9. The zero-order chi connectivity index (χ0) is 12.1. The van der Waals surface area contributed by atoms with Gasteiger partial charge in [-0.25, -0.2) is 0 Å². The Morgan fingerprint density at radius 3 is 2.19 bits per heavy atom. The van der Waals surface area contributed by atoms with Crippen molar-refractivity contribution in [3.8, 4) is 0 Å². The van der Waals surface area contributed by atoms with Gasteiger partial charge in [-0.15, -0.1) is 0 Å². The summed E-state index contributed by atoms with van der Waals surface area (Å²) in [6, 6.07) is 7.06. The van der Waals surface area contributed by atoms with Crippen LogP contribution in [-0.4, -0.2) is 7.05 Å². The SMILES string of the molecule is CCC(C)CC(NC)c1c(C)cccc1C. The van der Waals surface area contributed by atoms with Crippen molar-refractivity contribution in [3.63, 3.8) is 0 Å². The number of nitrogens with one attached hydrogen (secondary N) is 1. The molecular formula is C15H25N. The van der Waals surface area contributed by atoms with Crippen molar-refractivity contribution in [2.75, 3.05) is 7.05 Å². The van der Waals surface area contributed by atoms with E-state index in [0.29, 0.717) is 6.04 Å². The lowest BCUT2D eigenvalue weighted by atomic mass is 9.89. The Balaban J connectivity index is 2.94. The molecule has 0 fully saturated rings. The molecule has 1 aromatic carbocycles. The molecule has 1 heteroatoms. The number of hydrogen-bond acceptors (Lipinski definition) is 1. The highest BCUT2D eigenvalue weighted by Crippen LogP contribution is 2.27. The van der Waals surface area contributed by atoms with Gasteiger partial charge in [0.2, 0.25) is 0 Å². The third kappa shape index (κ3) is 3.08. The van der Waals surface area contributed by atoms with E-state index in [1.54, 1.807) is 0 Å². The molecule has 0 saturated heterocycles. The van der Waals surface area contributed by atoms with Gasteiger partial charge in [-0.1, -0.05) is 38.5 Å². The highest BCUT2D eigenvalue weighted by Gasteiger charge is 2.16. The minimum Gasteiger partial charge on any atom is -0.313 e. The molecular weight excluding hydrogens is 194 g/mol. The van der Waals surface area contributed by atoms with Crippen LogP contribution in [0.15, 0.2) is 18.2 Å². The van der Waals surface area contributed by atoms with Gasteiger partial charge in [-0.3, -0.25) is 0 Å². The number of hydrogen-bond donors (Lipinski definition) is 1. The van der Waals surface area contributed by atoms with Gasteiger partial charge < -0.3 is 5.32 Å². The minimum atomic E-state index is 0.496. The van der Waals surface area contributed by atoms with E-state index in [9.17, 15) is 0 Å². The number of aryl methyl sites for hydroxylation is 2. The van der Waals surface area contributed by atoms with Crippen LogP contribution in [0.1, 0.15) is 49.4 Å². The fourth-order valence-corrected chi connectivity index (χ4v) is 2.33. The van der Waals surface area contributed by atoms with Crippen LogP contribution in [0.5, 0.6) is 0 Å². The average Bonchev–Trinajstić information content (AvgIpc) is 2.27. The van der Waals surface area contributed by atoms with E-state index in [-0.39, 0.29) is 0 Å². The maximum absolute atomic E-state index is 3.47. The van der Waals surface area contributed by atoms with Crippen LogP contribution in [0.25, 0.3) is 0 Å². The predicted octanol–water partition coefficient (Wildman–Crippen LogP) is 4.00. The zero-order valence-corrected chi connectivity index (χ0v) is 11.3. The minimum absolute atomic E-state index is 0.496. The van der Waals surface area contributed by atoms with Gasteiger partial charge in [-0.05, 0) is 49.9 Å². The summed E-state index contributed by atoms with van der Waals surface area (Å²) in [4.78, 5) is 0. The lowest BCUT2D eigenvalue weighted by Gasteiger charge is -2.23. The van der Waals surface area contributed by atoms with Gasteiger partial charge >= 0.3 is 0 Å². The maximum atomic E-state index is 3.47. The summed E-state index contributed by atoms with van der Waals surface area (Å²) < 4.78 is 0. The predicted molar refractivity (Wildman–Crippen MR) is 71.8 cm³/mol. The molecule has 90 valence electrons. The monoisotopic (exact) mass is 219 g/mol. The smallest absolute Gasteiger partial charge is 0.0325 e. The molecule has 0 aromatic heterocycles. The first-order chi connectivity index (χ1) is 7.60. The average molecular weight is 219 g/mol. The van der Waals surface area contributed by atoms with E-state index in [4.69, 9.17) is 0 Å². The van der Waals surface area contributed by atoms with Crippen molar-refractivity contribution in [2.24, 2.45) is 5.92 Å². The Morgan fingerprint density at radius 1 is 1.19 bits per heavy atom. The lowest BCUT2D eigenvalue weighted by molar-refractivity contribution is 0.420. The first-order valence-corrected chi connectivity index (χ1v) is 6.33. The summed E-state index contributed by atoms with van der Waals surface area (Å²) in [5.41, 5.74) is 4.30. The quantitative estimate of drug-likeness (QED) is 0.789. The van der Waals surface area contributed by atoms with Crippen LogP contribution in [-0.2, 0) is 0 Å². The molecule has 1 nitrogen and oxygen atoms in total. The van der Waals surface area contributed by atoms with Crippen LogP contribution in [0.4, 0.5) is 0 Å². The molecule has 0 spiro atoms. The van der Waals surface area contributed by atoms with Crippen LogP contribution in [0.2, 0.25) is 0 Å². The van der Waals surface area contributed by atoms with Gasteiger partial charge in [0.1, 0.15) is 0 Å². The van der Waals surface area contributed by atoms with Crippen molar-refractivity contribution in [3.05, 3.63) is 34.9 Å². The molecule has 1 N–H and O–H groups in total. The fraction of sp³-hybridized carbons (Fsp3) is 0.600. The van der Waals surface area contributed by atoms with Gasteiger partial charge in [0.25, 0.3) is 0 Å². The maximum Gasteiger partial charge on any atom is 0.0325 e. The normalized spacial score (nSPS) is 14.8. The van der Waals surface area contributed by atoms with Crippen molar-refractivity contribution >= 4 is 0 Å². The van der Waals surface area contributed by atoms with E-state index in [0.717, 1.165) is 5.92 Å². The van der Waals surface area contributed by atoms with Crippen LogP contribution in [0, 0.1) is 19.8 Å². The molecule has 1 aromatic rings. The third-order valence-corrected chi connectivity index (χ3v) is 3.57. The van der Waals surface area contributed by atoms with E-state index >= 15 is 0 Å². The molecule has 2 atom stereocenters. The molecule has 0 saturated carbocycles. The standard InChI is InChI=1S/C15H25N/c1-6-11(2)10-14(16-5)15-12(3)8-7-9-13(15)4/h7-9,11,14,16H,6,10H2,1-5H3. The molecule has 0 bridgehead atoms. The Hall–Kier alpha value is -0.820. The second-order valence-electron chi connectivity index (χ2n) is 4.90. The second-order valence-corrected chi connectivity index (χ2v) is 4.90. The molecule has 0 aliphatic rings. The molecule has 0 amide bonds. The largest absolute Gasteiger partial charge is 0.313 e. The topological polar surface area (TPSA) is 12.0 Å². The molecule has 0 heterocycles. The summed E-state index contributed by atoms with van der Waals surface area (Å²) >= 11 is 0. The molecule has 0 radical (unpaired) electrons. The summed E-state index contributed by atoms with van der Waals surface area (Å²) in [5, 5.41) is 3.47. The molecule has 16 heavy (non-hydrogen) atoms. The zero-order valence-electron chi connectivity index (χ0n) is 11.3. The van der Waals surface area contributed by atoms with Gasteiger partial charge in [0, 0.05) is 6.04 Å². The third-order valence-electron chi connectivity index (χ3n) is 3.57. The first kappa shape index (κ1) is 13.2. The lowest BCUT2D eigenvalue weighted by Crippen LogP contribution is -2.20. The van der Waals surface area contributed by atoms with E-state index in [1.165, 1.54) is 29.5 Å². The van der Waals surface area contributed by atoms with Crippen molar-refractivity contribution in [1.29, 1.82) is 0 Å². The summed E-state index contributed by atoms with van der Waals surface area (Å²) in [6.45, 7) is 9.02. The first-order valence-electron chi connectivity index (χ1n) is 6.33. The number of rotatable bonds is 5.